The molecular weight excluding hydrogens is 230 g/mol. The maximum absolute atomic E-state index is 11.4. The van der Waals surface area contributed by atoms with E-state index >= 15 is 0 Å². The quantitative estimate of drug-likeness (QED) is 0.594. The van der Waals surface area contributed by atoms with Gasteiger partial charge in [-0.15, -0.1) is 0 Å². The summed E-state index contributed by atoms with van der Waals surface area (Å²) in [6.45, 7) is 5.51. The van der Waals surface area contributed by atoms with Crippen molar-refractivity contribution in [1.82, 2.24) is 14.5 Å². The minimum atomic E-state index is -0.226. The molecule has 2 heterocycles. The highest BCUT2D eigenvalue weighted by molar-refractivity contribution is 5.88. The first kappa shape index (κ1) is 12.8. The van der Waals surface area contributed by atoms with Gasteiger partial charge in [0.2, 0.25) is 0 Å². The summed E-state index contributed by atoms with van der Waals surface area (Å²) in [5, 5.41) is 0. The van der Waals surface area contributed by atoms with Crippen LogP contribution in [0.15, 0.2) is 24.0 Å². The second-order valence-electron chi connectivity index (χ2n) is 4.35. The first-order chi connectivity index (χ1) is 8.74. The number of fused-ring (bicyclic) bond motifs is 1. The maximum Gasteiger partial charge on any atom is 0.333 e. The van der Waals surface area contributed by atoms with E-state index in [-0.39, 0.29) is 5.97 Å². The van der Waals surface area contributed by atoms with Crippen molar-refractivity contribution in [1.29, 1.82) is 0 Å². The Balaban J connectivity index is 1.95. The van der Waals surface area contributed by atoms with Crippen LogP contribution in [-0.2, 0) is 22.6 Å². The van der Waals surface area contributed by atoms with Gasteiger partial charge in [0.15, 0.2) is 0 Å². The Bertz CT molecular complexity index is 451. The molecule has 1 aromatic heterocycles. The Morgan fingerprint density at radius 1 is 1.56 bits per heavy atom. The average Bonchev–Trinajstić information content (AvgIpc) is 2.86. The highest BCUT2D eigenvalue weighted by Gasteiger charge is 2.16. The van der Waals surface area contributed by atoms with E-state index in [0.29, 0.717) is 6.42 Å². The lowest BCUT2D eigenvalue weighted by Crippen LogP contribution is -2.34. The summed E-state index contributed by atoms with van der Waals surface area (Å²) in [5.74, 6) is 0.863. The number of aromatic nitrogens is 2. The standard InChI is InChI=1S/C13H19N3O2/c1-3-11(13(17)18-2)4-6-15-8-9-16-7-5-14-12(16)10-15/h4-5,7H,3,6,8-10H2,1-2H3. The molecule has 1 aromatic rings. The summed E-state index contributed by atoms with van der Waals surface area (Å²) < 4.78 is 6.91. The molecule has 98 valence electrons. The number of imidazole rings is 1. The SMILES string of the molecule is CCC(=CCN1CCn2ccnc2C1)C(=O)OC. The van der Waals surface area contributed by atoms with Crippen LogP contribution in [-0.4, -0.2) is 40.6 Å². The highest BCUT2D eigenvalue weighted by atomic mass is 16.5. The van der Waals surface area contributed by atoms with E-state index in [9.17, 15) is 4.79 Å². The Morgan fingerprint density at radius 3 is 3.11 bits per heavy atom. The molecule has 1 aliphatic heterocycles. The zero-order chi connectivity index (χ0) is 13.0. The molecule has 2 rings (SSSR count). The van der Waals surface area contributed by atoms with Crippen molar-refractivity contribution in [3.8, 4) is 0 Å². The summed E-state index contributed by atoms with van der Waals surface area (Å²) in [6.07, 6.45) is 6.51. The zero-order valence-corrected chi connectivity index (χ0v) is 10.9. The number of carbonyl (C=O) groups excluding carboxylic acids is 1. The van der Waals surface area contributed by atoms with Crippen molar-refractivity contribution >= 4 is 5.97 Å². The van der Waals surface area contributed by atoms with E-state index < -0.39 is 0 Å². The first-order valence-corrected chi connectivity index (χ1v) is 6.24. The third-order valence-electron chi connectivity index (χ3n) is 3.25. The van der Waals surface area contributed by atoms with Gasteiger partial charge in [-0.25, -0.2) is 9.78 Å². The smallest absolute Gasteiger partial charge is 0.333 e. The number of hydrogen-bond acceptors (Lipinski definition) is 4. The Hall–Kier alpha value is -1.62. The molecule has 5 nitrogen and oxygen atoms in total. The van der Waals surface area contributed by atoms with Crippen molar-refractivity contribution in [2.75, 3.05) is 20.2 Å². The van der Waals surface area contributed by atoms with Gasteiger partial charge in [0, 0.05) is 37.6 Å². The lowest BCUT2D eigenvalue weighted by molar-refractivity contribution is -0.136. The van der Waals surface area contributed by atoms with Crippen LogP contribution in [0.2, 0.25) is 0 Å². The number of rotatable bonds is 4. The molecule has 18 heavy (non-hydrogen) atoms. The third-order valence-corrected chi connectivity index (χ3v) is 3.25. The molecule has 0 aromatic carbocycles. The lowest BCUT2D eigenvalue weighted by Gasteiger charge is -2.26. The van der Waals surface area contributed by atoms with E-state index in [1.165, 1.54) is 7.11 Å². The lowest BCUT2D eigenvalue weighted by atomic mass is 10.2. The largest absolute Gasteiger partial charge is 0.466 e. The second kappa shape index (κ2) is 5.82. The monoisotopic (exact) mass is 249 g/mol. The fourth-order valence-electron chi connectivity index (χ4n) is 2.12. The van der Waals surface area contributed by atoms with Crippen LogP contribution >= 0.6 is 0 Å². The number of carbonyl (C=O) groups is 1. The minimum Gasteiger partial charge on any atom is -0.466 e. The molecule has 0 amide bonds. The summed E-state index contributed by atoms with van der Waals surface area (Å²) in [5.41, 5.74) is 0.742. The van der Waals surface area contributed by atoms with Crippen molar-refractivity contribution in [2.24, 2.45) is 0 Å². The Kier molecular flexibility index (Phi) is 4.15. The Morgan fingerprint density at radius 2 is 2.39 bits per heavy atom. The molecule has 0 saturated carbocycles. The molecular formula is C13H19N3O2. The van der Waals surface area contributed by atoms with Crippen LogP contribution in [0.5, 0.6) is 0 Å². The highest BCUT2D eigenvalue weighted by Crippen LogP contribution is 2.11. The van der Waals surface area contributed by atoms with Crippen LogP contribution in [0.25, 0.3) is 0 Å². The fraction of sp³-hybridized carbons (Fsp3) is 0.538. The van der Waals surface area contributed by atoms with Crippen molar-refractivity contribution in [2.45, 2.75) is 26.4 Å². The molecule has 0 saturated heterocycles. The van der Waals surface area contributed by atoms with Gasteiger partial charge in [0.1, 0.15) is 5.82 Å². The molecule has 0 bridgehead atoms. The Labute approximate surface area is 107 Å². The third kappa shape index (κ3) is 2.79. The first-order valence-electron chi connectivity index (χ1n) is 6.24. The van der Waals surface area contributed by atoms with Gasteiger partial charge >= 0.3 is 5.97 Å². The van der Waals surface area contributed by atoms with Gasteiger partial charge in [-0.1, -0.05) is 13.0 Å². The topological polar surface area (TPSA) is 47.4 Å². The van der Waals surface area contributed by atoms with Crippen molar-refractivity contribution in [3.63, 3.8) is 0 Å². The summed E-state index contributed by atoms with van der Waals surface area (Å²) in [6, 6.07) is 0. The molecule has 0 N–H and O–H groups in total. The molecule has 1 aliphatic rings. The molecule has 0 fully saturated rings. The summed E-state index contributed by atoms with van der Waals surface area (Å²) in [7, 11) is 1.42. The molecule has 0 unspecified atom stereocenters. The minimum absolute atomic E-state index is 0.226. The molecule has 0 radical (unpaired) electrons. The summed E-state index contributed by atoms with van der Waals surface area (Å²) >= 11 is 0. The maximum atomic E-state index is 11.4. The predicted octanol–water partition coefficient (Wildman–Crippen LogP) is 1.21. The van der Waals surface area contributed by atoms with Crippen LogP contribution in [0.4, 0.5) is 0 Å². The number of ether oxygens (including phenoxy) is 1. The zero-order valence-electron chi connectivity index (χ0n) is 10.9. The molecule has 5 heteroatoms. The van der Waals surface area contributed by atoms with Crippen molar-refractivity contribution < 1.29 is 9.53 Å². The molecule has 0 spiro atoms. The van der Waals surface area contributed by atoms with Crippen LogP contribution in [0, 0.1) is 0 Å². The van der Waals surface area contributed by atoms with E-state index in [0.717, 1.165) is 37.6 Å². The summed E-state index contributed by atoms with van der Waals surface area (Å²) in [4.78, 5) is 18.0. The van der Waals surface area contributed by atoms with Gasteiger partial charge in [-0.2, -0.15) is 0 Å². The second-order valence-corrected chi connectivity index (χ2v) is 4.35. The number of hydrogen-bond donors (Lipinski definition) is 0. The van der Waals surface area contributed by atoms with E-state index in [1.807, 2.05) is 25.4 Å². The number of methoxy groups -OCH3 is 1. The average molecular weight is 249 g/mol. The van der Waals surface area contributed by atoms with Crippen LogP contribution < -0.4 is 0 Å². The normalized spacial score (nSPS) is 16.4. The van der Waals surface area contributed by atoms with Crippen molar-refractivity contribution in [3.05, 3.63) is 29.9 Å². The van der Waals surface area contributed by atoms with Crippen LogP contribution in [0.1, 0.15) is 19.2 Å². The fourth-order valence-corrected chi connectivity index (χ4v) is 2.12. The van der Waals surface area contributed by atoms with E-state index in [1.54, 1.807) is 0 Å². The van der Waals surface area contributed by atoms with Gasteiger partial charge in [0.05, 0.1) is 13.7 Å². The predicted molar refractivity (Wildman–Crippen MR) is 67.9 cm³/mol. The molecule has 0 atom stereocenters. The number of nitrogens with zero attached hydrogens (tertiary/aromatic N) is 3. The van der Waals surface area contributed by atoms with Gasteiger partial charge in [-0.3, -0.25) is 4.90 Å². The van der Waals surface area contributed by atoms with Gasteiger partial charge in [0.25, 0.3) is 0 Å². The van der Waals surface area contributed by atoms with Gasteiger partial charge in [-0.05, 0) is 6.42 Å². The van der Waals surface area contributed by atoms with E-state index in [2.05, 4.69) is 14.5 Å². The van der Waals surface area contributed by atoms with Gasteiger partial charge < -0.3 is 9.30 Å². The molecule has 0 aliphatic carbocycles. The number of esters is 1. The van der Waals surface area contributed by atoms with Crippen LogP contribution in [0.3, 0.4) is 0 Å². The van der Waals surface area contributed by atoms with E-state index in [4.69, 9.17) is 4.74 Å².